The van der Waals surface area contributed by atoms with Crippen molar-refractivity contribution in [2.75, 3.05) is 26.7 Å². The van der Waals surface area contributed by atoms with E-state index in [4.69, 9.17) is 12.2 Å². The summed E-state index contributed by atoms with van der Waals surface area (Å²) in [6.07, 6.45) is 1.02. The Labute approximate surface area is 61.2 Å². The van der Waals surface area contributed by atoms with Crippen molar-refractivity contribution in [1.82, 2.24) is 10.2 Å². The lowest BCUT2D eigenvalue weighted by molar-refractivity contribution is 0.361. The summed E-state index contributed by atoms with van der Waals surface area (Å²) in [6.45, 7) is 3.22. The maximum absolute atomic E-state index is 5.01. The molecule has 1 N–H and O–H groups in total. The molecule has 0 aromatic carbocycles. The first-order chi connectivity index (χ1) is 4.29. The number of hydrogen-bond donors (Lipinski definition) is 1. The first-order valence-corrected chi connectivity index (χ1v) is 3.65. The number of nitrogens with one attached hydrogen (secondary N) is 1. The Morgan fingerprint density at radius 3 is 3.11 bits per heavy atom. The first-order valence-electron chi connectivity index (χ1n) is 3.24. The van der Waals surface area contributed by atoms with E-state index in [0.29, 0.717) is 0 Å². The van der Waals surface area contributed by atoms with Crippen LogP contribution >= 0.6 is 12.2 Å². The van der Waals surface area contributed by atoms with E-state index in [0.717, 1.165) is 31.0 Å². The molecule has 1 heterocycles. The van der Waals surface area contributed by atoms with Gasteiger partial charge in [0.1, 0.15) is 0 Å². The molecule has 0 spiro atoms. The SMILES string of the molecule is CN1CCNC(=S)CC1. The van der Waals surface area contributed by atoms with Crippen LogP contribution in [-0.2, 0) is 0 Å². The minimum atomic E-state index is 1.01. The topological polar surface area (TPSA) is 15.3 Å². The van der Waals surface area contributed by atoms with Crippen LogP contribution in [0.1, 0.15) is 6.42 Å². The third-order valence-corrected chi connectivity index (χ3v) is 1.88. The van der Waals surface area contributed by atoms with Gasteiger partial charge in [0.05, 0.1) is 4.99 Å². The Balaban J connectivity index is 2.34. The summed E-state index contributed by atoms with van der Waals surface area (Å²) in [6, 6.07) is 0. The number of hydrogen-bond acceptors (Lipinski definition) is 2. The Kier molecular flexibility index (Phi) is 2.42. The largest absolute Gasteiger partial charge is 0.378 e. The average Bonchev–Trinajstić information content (AvgIpc) is 1.97. The standard InChI is InChI=1S/C6H12N2S/c1-8-4-2-6(9)7-3-5-8/h2-5H2,1H3,(H,7,9). The minimum absolute atomic E-state index is 1.01. The molecule has 1 aliphatic rings. The number of nitrogens with zero attached hydrogens (tertiary/aromatic N) is 1. The highest BCUT2D eigenvalue weighted by Crippen LogP contribution is 1.92. The molecule has 9 heavy (non-hydrogen) atoms. The highest BCUT2D eigenvalue weighted by Gasteiger charge is 2.05. The maximum atomic E-state index is 5.01. The van der Waals surface area contributed by atoms with Gasteiger partial charge in [-0.3, -0.25) is 0 Å². The molecule has 2 nitrogen and oxygen atoms in total. The van der Waals surface area contributed by atoms with E-state index < -0.39 is 0 Å². The molecular formula is C6H12N2S. The number of rotatable bonds is 0. The van der Waals surface area contributed by atoms with E-state index in [1.165, 1.54) is 0 Å². The number of thiocarbonyl (C=S) groups is 1. The van der Waals surface area contributed by atoms with E-state index in [9.17, 15) is 0 Å². The second kappa shape index (κ2) is 3.13. The van der Waals surface area contributed by atoms with Crippen LogP contribution < -0.4 is 5.32 Å². The van der Waals surface area contributed by atoms with Crippen molar-refractivity contribution in [2.24, 2.45) is 0 Å². The lowest BCUT2D eigenvalue weighted by atomic mass is 10.4. The summed E-state index contributed by atoms with van der Waals surface area (Å²) in [5.74, 6) is 0. The summed E-state index contributed by atoms with van der Waals surface area (Å²) in [5.41, 5.74) is 0. The molecular weight excluding hydrogens is 132 g/mol. The van der Waals surface area contributed by atoms with Crippen LogP contribution in [-0.4, -0.2) is 36.6 Å². The van der Waals surface area contributed by atoms with Gasteiger partial charge in [-0.1, -0.05) is 12.2 Å². The van der Waals surface area contributed by atoms with E-state index in [-0.39, 0.29) is 0 Å². The number of likely N-dealkylation sites (N-methyl/N-ethyl adjacent to an activating group) is 1. The quantitative estimate of drug-likeness (QED) is 0.490. The van der Waals surface area contributed by atoms with Gasteiger partial charge in [0.2, 0.25) is 0 Å². The average molecular weight is 144 g/mol. The first kappa shape index (κ1) is 6.96. The van der Waals surface area contributed by atoms with E-state index in [2.05, 4.69) is 17.3 Å². The van der Waals surface area contributed by atoms with Crippen LogP contribution in [0, 0.1) is 0 Å². The predicted molar refractivity (Wildman–Crippen MR) is 42.7 cm³/mol. The van der Waals surface area contributed by atoms with Gasteiger partial charge in [-0.2, -0.15) is 0 Å². The van der Waals surface area contributed by atoms with E-state index >= 15 is 0 Å². The van der Waals surface area contributed by atoms with Crippen LogP contribution in [0.25, 0.3) is 0 Å². The summed E-state index contributed by atoms with van der Waals surface area (Å²) in [7, 11) is 2.12. The van der Waals surface area contributed by atoms with Gasteiger partial charge in [0.15, 0.2) is 0 Å². The molecule has 0 bridgehead atoms. The van der Waals surface area contributed by atoms with Crippen LogP contribution in [0.5, 0.6) is 0 Å². The molecule has 1 rings (SSSR count). The molecule has 0 aromatic heterocycles. The smallest absolute Gasteiger partial charge is 0.0766 e. The molecule has 0 aliphatic carbocycles. The molecule has 1 fully saturated rings. The van der Waals surface area contributed by atoms with Crippen molar-refractivity contribution in [3.05, 3.63) is 0 Å². The minimum Gasteiger partial charge on any atom is -0.378 e. The van der Waals surface area contributed by atoms with Crippen LogP contribution in [0.2, 0.25) is 0 Å². The fraction of sp³-hybridized carbons (Fsp3) is 0.833. The van der Waals surface area contributed by atoms with Crippen molar-refractivity contribution < 1.29 is 0 Å². The van der Waals surface area contributed by atoms with Gasteiger partial charge in [0.25, 0.3) is 0 Å². The van der Waals surface area contributed by atoms with Gasteiger partial charge >= 0.3 is 0 Å². The normalized spacial score (nSPS) is 23.0. The molecule has 0 radical (unpaired) electrons. The fourth-order valence-corrected chi connectivity index (χ4v) is 1.07. The molecule has 1 saturated heterocycles. The van der Waals surface area contributed by atoms with Crippen molar-refractivity contribution in [2.45, 2.75) is 6.42 Å². The van der Waals surface area contributed by atoms with Crippen molar-refractivity contribution in [3.63, 3.8) is 0 Å². The summed E-state index contributed by atoms with van der Waals surface area (Å²) in [4.78, 5) is 3.30. The monoisotopic (exact) mass is 144 g/mol. The lowest BCUT2D eigenvalue weighted by Gasteiger charge is -2.09. The van der Waals surface area contributed by atoms with Crippen LogP contribution in [0.15, 0.2) is 0 Å². The summed E-state index contributed by atoms with van der Waals surface area (Å²) in [5, 5.41) is 3.16. The molecule has 0 aromatic rings. The molecule has 0 atom stereocenters. The zero-order chi connectivity index (χ0) is 6.69. The Bertz CT molecular complexity index is 114. The lowest BCUT2D eigenvalue weighted by Crippen LogP contribution is -2.24. The Morgan fingerprint density at radius 1 is 1.56 bits per heavy atom. The zero-order valence-corrected chi connectivity index (χ0v) is 6.50. The van der Waals surface area contributed by atoms with E-state index in [1.54, 1.807) is 0 Å². The highest BCUT2D eigenvalue weighted by molar-refractivity contribution is 7.80. The Hall–Kier alpha value is -0.150. The second-order valence-corrected chi connectivity index (χ2v) is 2.90. The van der Waals surface area contributed by atoms with Gasteiger partial charge in [-0.15, -0.1) is 0 Å². The van der Waals surface area contributed by atoms with Crippen molar-refractivity contribution in [3.8, 4) is 0 Å². The highest BCUT2D eigenvalue weighted by atomic mass is 32.1. The molecule has 52 valence electrons. The zero-order valence-electron chi connectivity index (χ0n) is 5.68. The van der Waals surface area contributed by atoms with E-state index in [1.807, 2.05) is 0 Å². The Morgan fingerprint density at radius 2 is 2.33 bits per heavy atom. The van der Waals surface area contributed by atoms with Gasteiger partial charge in [-0.05, 0) is 7.05 Å². The maximum Gasteiger partial charge on any atom is 0.0766 e. The van der Waals surface area contributed by atoms with Gasteiger partial charge < -0.3 is 10.2 Å². The summed E-state index contributed by atoms with van der Waals surface area (Å²) >= 11 is 5.01. The fourth-order valence-electron chi connectivity index (χ4n) is 0.879. The van der Waals surface area contributed by atoms with Crippen molar-refractivity contribution in [1.29, 1.82) is 0 Å². The summed E-state index contributed by atoms with van der Waals surface area (Å²) < 4.78 is 0. The molecule has 0 saturated carbocycles. The van der Waals surface area contributed by atoms with Gasteiger partial charge in [0, 0.05) is 26.1 Å². The molecule has 3 heteroatoms. The third kappa shape index (κ3) is 2.28. The molecule has 0 amide bonds. The van der Waals surface area contributed by atoms with Crippen molar-refractivity contribution >= 4 is 17.2 Å². The predicted octanol–water partition coefficient (Wildman–Crippen LogP) is 0.239. The van der Waals surface area contributed by atoms with Gasteiger partial charge in [-0.25, -0.2) is 0 Å². The molecule has 1 aliphatic heterocycles. The van der Waals surface area contributed by atoms with Crippen LogP contribution in [0.3, 0.4) is 0 Å². The third-order valence-electron chi connectivity index (χ3n) is 1.54. The molecule has 0 unspecified atom stereocenters. The second-order valence-electron chi connectivity index (χ2n) is 2.40. The van der Waals surface area contributed by atoms with Crippen LogP contribution in [0.4, 0.5) is 0 Å².